The Kier molecular flexibility index (Phi) is 31.8. The molecule has 0 fully saturated rings. The zero-order chi connectivity index (χ0) is 20.1. The fourth-order valence-corrected chi connectivity index (χ4v) is 0.676. The minimum absolute atomic E-state index is 0.0258. The molecule has 11 nitrogen and oxygen atoms in total. The van der Waals surface area contributed by atoms with Gasteiger partial charge in [0.25, 0.3) is 0 Å². The molecule has 0 aliphatic carbocycles. The van der Waals surface area contributed by atoms with Crippen LogP contribution in [0.5, 0.6) is 0 Å². The summed E-state index contributed by atoms with van der Waals surface area (Å²) in [7, 11) is 0. The number of carbonyl (C=O) groups excluding carboxylic acids is 1. The lowest BCUT2D eigenvalue weighted by atomic mass is 10.0. The molecule has 0 radical (unpaired) electrons. The van der Waals surface area contributed by atoms with E-state index in [1.165, 1.54) is 0 Å². The van der Waals surface area contributed by atoms with Crippen LogP contribution in [0.1, 0.15) is 13.8 Å². The van der Waals surface area contributed by atoms with Gasteiger partial charge in [0.1, 0.15) is 30.5 Å². The molecule has 4 atom stereocenters. The number of aldehydes is 1. The predicted molar refractivity (Wildman–Crippen MR) is 82.9 cm³/mol. The number of aliphatic hydroxyl groups is 10. The lowest BCUT2D eigenvalue weighted by molar-refractivity contribution is -0.136. The van der Waals surface area contributed by atoms with Crippen molar-refractivity contribution < 1.29 is 55.9 Å². The van der Waals surface area contributed by atoms with E-state index >= 15 is 0 Å². The Hall–Kier alpha value is -0.730. The first kappa shape index (κ1) is 31.1. The van der Waals surface area contributed by atoms with Gasteiger partial charge in [0, 0.05) is 13.2 Å². The highest BCUT2D eigenvalue weighted by Gasteiger charge is 2.29. The second kappa shape index (κ2) is 24.5. The smallest absolute Gasteiger partial charge is 0.151 e. The molecule has 0 unspecified atom stereocenters. The molecule has 0 bridgehead atoms. The van der Waals surface area contributed by atoms with Gasteiger partial charge in [-0.15, -0.1) is 0 Å². The van der Waals surface area contributed by atoms with Crippen LogP contribution in [0.4, 0.5) is 0 Å². The fourth-order valence-electron chi connectivity index (χ4n) is 0.676. The number of hydrogen-bond donors (Lipinski definition) is 10. The average molecular weight is 364 g/mol. The second-order valence-corrected chi connectivity index (χ2v) is 4.01. The quantitative estimate of drug-likeness (QED) is 0.193. The minimum atomic E-state index is -1.79. The van der Waals surface area contributed by atoms with E-state index < -0.39 is 37.1 Å². The molecule has 0 aromatic carbocycles. The maximum Gasteiger partial charge on any atom is 0.151 e. The van der Waals surface area contributed by atoms with Crippen LogP contribution in [-0.4, -0.2) is 121 Å². The highest BCUT2D eigenvalue weighted by atomic mass is 16.4. The van der Waals surface area contributed by atoms with Crippen LogP contribution in [0.25, 0.3) is 0 Å². The van der Waals surface area contributed by atoms with Gasteiger partial charge in [0.05, 0.1) is 19.8 Å². The van der Waals surface area contributed by atoms with E-state index in [1.54, 1.807) is 13.8 Å². The molecule has 0 rings (SSSR count). The monoisotopic (exact) mass is 364 g/mol. The molecular weight excluding hydrogens is 332 g/mol. The van der Waals surface area contributed by atoms with Crippen LogP contribution < -0.4 is 0 Å². The molecule has 24 heavy (non-hydrogen) atoms. The summed E-state index contributed by atoms with van der Waals surface area (Å²) in [6.07, 6.45) is -7.79. The Morgan fingerprint density at radius 1 is 0.708 bits per heavy atom. The lowest BCUT2D eigenvalue weighted by Crippen LogP contribution is -2.46. The molecule has 150 valence electrons. The summed E-state index contributed by atoms with van der Waals surface area (Å²) in [5.41, 5.74) is 0. The molecule has 0 spiro atoms. The van der Waals surface area contributed by atoms with E-state index in [1.807, 2.05) is 0 Å². The van der Waals surface area contributed by atoms with Gasteiger partial charge < -0.3 is 55.9 Å². The van der Waals surface area contributed by atoms with Crippen LogP contribution in [0, 0.1) is 0 Å². The van der Waals surface area contributed by atoms with Crippen molar-refractivity contribution in [3.05, 3.63) is 0 Å². The van der Waals surface area contributed by atoms with Gasteiger partial charge in [0.15, 0.2) is 6.29 Å². The van der Waals surface area contributed by atoms with Crippen molar-refractivity contribution in [2.75, 3.05) is 33.0 Å². The van der Waals surface area contributed by atoms with Crippen LogP contribution in [-0.2, 0) is 4.79 Å². The number of aliphatic hydroxyl groups excluding tert-OH is 10. The third-order valence-corrected chi connectivity index (χ3v) is 1.84. The van der Waals surface area contributed by atoms with Gasteiger partial charge in [-0.25, -0.2) is 0 Å². The van der Waals surface area contributed by atoms with Crippen LogP contribution >= 0.6 is 0 Å². The lowest BCUT2D eigenvalue weighted by Gasteiger charge is -2.22. The van der Waals surface area contributed by atoms with Crippen molar-refractivity contribution in [3.8, 4) is 0 Å². The zero-order valence-corrected chi connectivity index (χ0v) is 13.9. The van der Waals surface area contributed by atoms with Crippen molar-refractivity contribution in [2.45, 2.75) is 44.4 Å². The minimum Gasteiger partial charge on any atom is -0.397 e. The van der Waals surface area contributed by atoms with Gasteiger partial charge in [-0.3, -0.25) is 0 Å². The molecule has 0 heterocycles. The Bertz CT molecular complexity index is 224. The number of carbonyl (C=O) groups is 1. The molecule has 0 aliphatic rings. The van der Waals surface area contributed by atoms with Crippen LogP contribution in [0.3, 0.4) is 0 Å². The fraction of sp³-hybridized carbons (Fsp3) is 0.923. The van der Waals surface area contributed by atoms with Crippen LogP contribution in [0.15, 0.2) is 0 Å². The van der Waals surface area contributed by atoms with Crippen molar-refractivity contribution in [2.24, 2.45) is 0 Å². The highest BCUT2D eigenvalue weighted by molar-refractivity contribution is 5.56. The van der Waals surface area contributed by atoms with Gasteiger partial charge in [-0.1, -0.05) is 0 Å². The molecule has 10 N–H and O–H groups in total. The Morgan fingerprint density at radius 3 is 1.21 bits per heavy atom. The zero-order valence-electron chi connectivity index (χ0n) is 13.9. The normalized spacial score (nSPS) is 14.5. The van der Waals surface area contributed by atoms with E-state index in [0.717, 1.165) is 0 Å². The summed E-state index contributed by atoms with van der Waals surface area (Å²) in [5, 5.41) is 82.7. The van der Waals surface area contributed by atoms with Gasteiger partial charge in [-0.2, -0.15) is 0 Å². The summed E-state index contributed by atoms with van der Waals surface area (Å²) < 4.78 is 0. The Balaban J connectivity index is -0.000000138. The molecule has 0 aromatic rings. The van der Waals surface area contributed by atoms with E-state index in [2.05, 4.69) is 0 Å². The van der Waals surface area contributed by atoms with Crippen molar-refractivity contribution in [3.63, 3.8) is 0 Å². The highest BCUT2D eigenvalue weighted by Crippen LogP contribution is 2.02. The molecule has 0 aliphatic heterocycles. The summed E-state index contributed by atoms with van der Waals surface area (Å²) in [6.45, 7) is 2.37. The molecule has 11 heteroatoms. The van der Waals surface area contributed by atoms with E-state index in [-0.39, 0.29) is 32.7 Å². The largest absolute Gasteiger partial charge is 0.397 e. The van der Waals surface area contributed by atoms with E-state index in [0.29, 0.717) is 0 Å². The third kappa shape index (κ3) is 23.5. The number of rotatable bonds is 7. The summed E-state index contributed by atoms with van der Waals surface area (Å²) in [5.74, 6) is 0. The molecule has 0 saturated carbocycles. The van der Waals surface area contributed by atoms with Crippen LogP contribution in [0.2, 0.25) is 0 Å². The van der Waals surface area contributed by atoms with Gasteiger partial charge >= 0.3 is 0 Å². The Labute approximate surface area is 140 Å². The first-order chi connectivity index (χ1) is 11.2. The topological polar surface area (TPSA) is 219 Å². The summed E-state index contributed by atoms with van der Waals surface area (Å²) >= 11 is 0. The summed E-state index contributed by atoms with van der Waals surface area (Å²) in [6, 6.07) is 0. The molecular formula is C13H32O11. The molecule has 0 amide bonds. The maximum atomic E-state index is 9.90. The maximum absolute atomic E-state index is 9.90. The number of hydrogen-bond acceptors (Lipinski definition) is 11. The third-order valence-electron chi connectivity index (χ3n) is 1.84. The van der Waals surface area contributed by atoms with Gasteiger partial charge in [-0.05, 0) is 13.8 Å². The molecule has 0 aromatic heterocycles. The van der Waals surface area contributed by atoms with Gasteiger partial charge in [0.2, 0.25) is 0 Å². The first-order valence-corrected chi connectivity index (χ1v) is 7.08. The SMILES string of the molecule is CCO.CCO.O=C[C@H](O)[C@@H](O)[C@H](O)[C@H](O)CO.OCC(O)CO. The summed E-state index contributed by atoms with van der Waals surface area (Å²) in [4.78, 5) is 9.90. The van der Waals surface area contributed by atoms with E-state index in [4.69, 9.17) is 51.1 Å². The first-order valence-electron chi connectivity index (χ1n) is 7.08. The van der Waals surface area contributed by atoms with Crippen molar-refractivity contribution >= 4 is 6.29 Å². The average Bonchev–Trinajstić information content (AvgIpc) is 2.60. The predicted octanol–water partition coefficient (Wildman–Crippen LogP) is -5.05. The van der Waals surface area contributed by atoms with Crippen molar-refractivity contribution in [1.29, 1.82) is 0 Å². The second-order valence-electron chi connectivity index (χ2n) is 4.01. The Morgan fingerprint density at radius 2 is 1.04 bits per heavy atom. The van der Waals surface area contributed by atoms with E-state index in [9.17, 15) is 4.79 Å². The molecule has 0 saturated heterocycles. The van der Waals surface area contributed by atoms with Crippen molar-refractivity contribution in [1.82, 2.24) is 0 Å². The standard InChI is InChI=1S/C6H12O6.C3H8O3.2C2H6O/c7-1-3(9)5(11)6(12)4(10)2-8;4-1-3(6)2-5;2*1-2-3/h1,3-6,8-12H,2H2;3-6H,1-2H2;2*3H,2H2,1H3/t3-,4+,5+,6+;;;/m0.../s1.